The summed E-state index contributed by atoms with van der Waals surface area (Å²) in [6.07, 6.45) is 5.55. The second-order valence-corrected chi connectivity index (χ2v) is 3.15. The fourth-order valence-corrected chi connectivity index (χ4v) is 1.35. The van der Waals surface area contributed by atoms with Gasteiger partial charge in [-0.05, 0) is 12.8 Å². The molecule has 0 saturated heterocycles. The molecule has 1 heterocycles. The van der Waals surface area contributed by atoms with Gasteiger partial charge in [0.05, 0.1) is 6.20 Å². The number of rotatable bonds is 1. The molecule has 3 heteroatoms. The molecule has 0 unspecified atom stereocenters. The normalized spacial score (nSPS) is 18.9. The van der Waals surface area contributed by atoms with Crippen LogP contribution in [0.25, 0.3) is 0 Å². The molecular weight excluding hydrogens is 148 g/mol. The Labute approximate surface area is 64.6 Å². The van der Waals surface area contributed by atoms with Crippen molar-refractivity contribution in [3.05, 3.63) is 17.2 Å². The van der Waals surface area contributed by atoms with E-state index in [1.54, 1.807) is 6.20 Å². The van der Waals surface area contributed by atoms with Crippen molar-refractivity contribution in [1.29, 1.82) is 0 Å². The van der Waals surface area contributed by atoms with Gasteiger partial charge in [-0.3, -0.25) is 0 Å². The predicted molar refractivity (Wildman–Crippen MR) is 40.2 cm³/mol. The van der Waals surface area contributed by atoms with Crippen LogP contribution in [0.4, 0.5) is 0 Å². The minimum Gasteiger partial charge on any atom is -0.333 e. The lowest BCUT2D eigenvalue weighted by Crippen LogP contribution is -2.09. The van der Waals surface area contributed by atoms with Crippen LogP contribution in [0.15, 0.2) is 6.20 Å². The third-order valence-electron chi connectivity index (χ3n) is 2.06. The molecule has 1 saturated carbocycles. The van der Waals surface area contributed by atoms with Crippen molar-refractivity contribution < 1.29 is 0 Å². The lowest BCUT2D eigenvalue weighted by molar-refractivity contribution is 0.404. The Balaban J connectivity index is 2.17. The molecule has 1 aliphatic carbocycles. The van der Waals surface area contributed by atoms with Gasteiger partial charge in [0, 0.05) is 5.92 Å². The van der Waals surface area contributed by atoms with Gasteiger partial charge in [0.15, 0.2) is 0 Å². The lowest BCUT2D eigenvalue weighted by Gasteiger charge is -2.22. The molecule has 1 aromatic rings. The van der Waals surface area contributed by atoms with Gasteiger partial charge < -0.3 is 4.98 Å². The van der Waals surface area contributed by atoms with Gasteiger partial charge in [0.2, 0.25) is 0 Å². The molecule has 0 aliphatic heterocycles. The van der Waals surface area contributed by atoms with E-state index in [4.69, 9.17) is 11.6 Å². The maximum atomic E-state index is 5.67. The zero-order chi connectivity index (χ0) is 6.97. The summed E-state index contributed by atoms with van der Waals surface area (Å²) in [4.78, 5) is 7.18. The number of hydrogen-bond donors (Lipinski definition) is 1. The zero-order valence-corrected chi connectivity index (χ0v) is 6.36. The zero-order valence-electron chi connectivity index (χ0n) is 5.60. The fraction of sp³-hybridized carbons (Fsp3) is 0.571. The van der Waals surface area contributed by atoms with Gasteiger partial charge >= 0.3 is 0 Å². The molecular formula is C7H9ClN2. The topological polar surface area (TPSA) is 28.7 Å². The number of aromatic nitrogens is 2. The first kappa shape index (κ1) is 6.23. The summed E-state index contributed by atoms with van der Waals surface area (Å²) in [6, 6.07) is 0. The first-order valence-corrected chi connectivity index (χ1v) is 3.94. The number of aromatic amines is 1. The molecule has 0 radical (unpaired) electrons. The third kappa shape index (κ3) is 0.926. The highest BCUT2D eigenvalue weighted by Gasteiger charge is 2.21. The highest BCUT2D eigenvalue weighted by molar-refractivity contribution is 6.29. The molecule has 0 spiro atoms. The van der Waals surface area contributed by atoms with E-state index in [0.717, 1.165) is 5.82 Å². The van der Waals surface area contributed by atoms with E-state index < -0.39 is 0 Å². The highest BCUT2D eigenvalue weighted by atomic mass is 35.5. The molecule has 2 nitrogen and oxygen atoms in total. The van der Waals surface area contributed by atoms with E-state index in [1.165, 1.54) is 19.3 Å². The molecule has 0 bridgehead atoms. The maximum Gasteiger partial charge on any atom is 0.126 e. The number of H-pyrrole nitrogens is 1. The van der Waals surface area contributed by atoms with Crippen molar-refractivity contribution in [3.8, 4) is 0 Å². The number of nitrogens with one attached hydrogen (secondary N) is 1. The number of hydrogen-bond acceptors (Lipinski definition) is 1. The molecule has 0 amide bonds. The van der Waals surface area contributed by atoms with E-state index in [-0.39, 0.29) is 0 Å². The number of halogens is 1. The van der Waals surface area contributed by atoms with Crippen LogP contribution >= 0.6 is 11.6 Å². The fourth-order valence-electron chi connectivity index (χ4n) is 1.20. The van der Waals surface area contributed by atoms with Crippen LogP contribution in [0, 0.1) is 0 Å². The number of imidazole rings is 1. The summed E-state index contributed by atoms with van der Waals surface area (Å²) in [6.45, 7) is 0. The van der Waals surface area contributed by atoms with Crippen molar-refractivity contribution in [2.45, 2.75) is 25.2 Å². The standard InChI is InChI=1S/C7H9ClN2/c8-6-4-9-7(10-6)5-2-1-3-5/h4-5H,1-3H2,(H,9,10). The summed E-state index contributed by atoms with van der Waals surface area (Å²) in [7, 11) is 0. The minimum absolute atomic E-state index is 0.655. The highest BCUT2D eigenvalue weighted by Crippen LogP contribution is 2.34. The van der Waals surface area contributed by atoms with E-state index >= 15 is 0 Å². The second-order valence-electron chi connectivity index (χ2n) is 2.74. The predicted octanol–water partition coefficient (Wildman–Crippen LogP) is 2.33. The van der Waals surface area contributed by atoms with Crippen LogP contribution in [-0.4, -0.2) is 9.97 Å². The summed E-state index contributed by atoms with van der Waals surface area (Å²) in [5.74, 6) is 1.73. The van der Waals surface area contributed by atoms with Crippen LogP contribution in [0.3, 0.4) is 0 Å². The van der Waals surface area contributed by atoms with Crippen molar-refractivity contribution in [2.75, 3.05) is 0 Å². The Morgan fingerprint density at radius 1 is 1.60 bits per heavy atom. The quantitative estimate of drug-likeness (QED) is 0.664. The first-order valence-electron chi connectivity index (χ1n) is 3.56. The molecule has 0 atom stereocenters. The van der Waals surface area contributed by atoms with Crippen molar-refractivity contribution in [1.82, 2.24) is 9.97 Å². The van der Waals surface area contributed by atoms with Gasteiger partial charge in [-0.1, -0.05) is 18.0 Å². The minimum atomic E-state index is 0.655. The first-order chi connectivity index (χ1) is 4.86. The van der Waals surface area contributed by atoms with Crippen molar-refractivity contribution >= 4 is 11.6 Å². The molecule has 1 aliphatic rings. The summed E-state index contributed by atoms with van der Waals surface area (Å²) in [5, 5.41) is 0.655. The Hall–Kier alpha value is -0.500. The molecule has 54 valence electrons. The van der Waals surface area contributed by atoms with Crippen LogP contribution in [0.5, 0.6) is 0 Å². The molecule has 1 aromatic heterocycles. The third-order valence-corrected chi connectivity index (χ3v) is 2.25. The SMILES string of the molecule is Clc1cnc(C2CCC2)[nH]1. The van der Waals surface area contributed by atoms with Crippen LogP contribution in [-0.2, 0) is 0 Å². The molecule has 0 aromatic carbocycles. The monoisotopic (exact) mass is 156 g/mol. The van der Waals surface area contributed by atoms with Crippen molar-refractivity contribution in [2.24, 2.45) is 0 Å². The lowest BCUT2D eigenvalue weighted by atomic mass is 9.85. The van der Waals surface area contributed by atoms with Crippen LogP contribution in [0.2, 0.25) is 5.15 Å². The molecule has 10 heavy (non-hydrogen) atoms. The average Bonchev–Trinajstić information content (AvgIpc) is 2.10. The Kier molecular flexibility index (Phi) is 1.42. The summed E-state index contributed by atoms with van der Waals surface area (Å²) in [5.41, 5.74) is 0. The molecule has 2 rings (SSSR count). The summed E-state index contributed by atoms with van der Waals surface area (Å²) < 4.78 is 0. The van der Waals surface area contributed by atoms with Crippen molar-refractivity contribution in [3.63, 3.8) is 0 Å². The maximum absolute atomic E-state index is 5.67. The average molecular weight is 157 g/mol. The van der Waals surface area contributed by atoms with E-state index in [0.29, 0.717) is 11.1 Å². The van der Waals surface area contributed by atoms with E-state index in [9.17, 15) is 0 Å². The van der Waals surface area contributed by atoms with E-state index in [1.807, 2.05) is 0 Å². The van der Waals surface area contributed by atoms with Gasteiger partial charge in [0.1, 0.15) is 11.0 Å². The molecule has 1 N–H and O–H groups in total. The van der Waals surface area contributed by atoms with Crippen LogP contribution in [0.1, 0.15) is 31.0 Å². The number of nitrogens with zero attached hydrogens (tertiary/aromatic N) is 1. The second kappa shape index (κ2) is 2.27. The Morgan fingerprint density at radius 2 is 2.40 bits per heavy atom. The Morgan fingerprint density at radius 3 is 2.80 bits per heavy atom. The largest absolute Gasteiger partial charge is 0.333 e. The molecule has 1 fully saturated rings. The van der Waals surface area contributed by atoms with Gasteiger partial charge in [-0.2, -0.15) is 0 Å². The smallest absolute Gasteiger partial charge is 0.126 e. The van der Waals surface area contributed by atoms with Crippen LogP contribution < -0.4 is 0 Å². The van der Waals surface area contributed by atoms with E-state index in [2.05, 4.69) is 9.97 Å². The van der Waals surface area contributed by atoms with Gasteiger partial charge in [-0.25, -0.2) is 4.98 Å². The van der Waals surface area contributed by atoms with Gasteiger partial charge in [0.25, 0.3) is 0 Å². The summed E-state index contributed by atoms with van der Waals surface area (Å²) >= 11 is 5.67. The Bertz CT molecular complexity index is 227. The van der Waals surface area contributed by atoms with Gasteiger partial charge in [-0.15, -0.1) is 0 Å².